The summed E-state index contributed by atoms with van der Waals surface area (Å²) in [5.74, 6) is -3.73. The van der Waals surface area contributed by atoms with Crippen molar-refractivity contribution in [2.24, 2.45) is 0 Å². The lowest BCUT2D eigenvalue weighted by molar-refractivity contribution is -0.394. The van der Waals surface area contributed by atoms with Gasteiger partial charge in [0, 0.05) is 11.6 Å². The topological polar surface area (TPSA) is 161 Å². The number of carboxylic acids is 2. The minimum absolute atomic E-state index is 0.165. The largest absolute Gasteiger partial charge is 0.477 e. The molecule has 2 aromatic carbocycles. The van der Waals surface area contributed by atoms with Crippen LogP contribution in [0.15, 0.2) is 36.4 Å². The van der Waals surface area contributed by atoms with Crippen LogP contribution in [0.25, 0.3) is 11.1 Å². The zero-order valence-electron chi connectivity index (χ0n) is 11.7. The first-order chi connectivity index (χ1) is 11.3. The van der Waals surface area contributed by atoms with Crippen LogP contribution in [0, 0.1) is 20.2 Å². The first-order valence-electron chi connectivity index (χ1n) is 6.27. The number of hydrogen-bond acceptors (Lipinski definition) is 6. The summed E-state index contributed by atoms with van der Waals surface area (Å²) in [5.41, 5.74) is -4.73. The molecule has 10 heteroatoms. The fourth-order valence-electron chi connectivity index (χ4n) is 2.25. The standard InChI is InChI=1S/C14H8N2O8/c17-13(18)10-8(7-4-2-1-3-5-7)6-9(15(21)22)11(14(19)20)12(10)16(23)24/h1-6H,(H,17,18)(H,19,20). The van der Waals surface area contributed by atoms with E-state index in [0.29, 0.717) is 0 Å². The second-order valence-corrected chi connectivity index (χ2v) is 4.53. The Hall–Kier alpha value is -3.82. The Morgan fingerprint density at radius 1 is 0.875 bits per heavy atom. The van der Waals surface area contributed by atoms with E-state index < -0.39 is 44.3 Å². The summed E-state index contributed by atoms with van der Waals surface area (Å²) >= 11 is 0. The smallest absolute Gasteiger partial charge is 0.349 e. The van der Waals surface area contributed by atoms with Crippen molar-refractivity contribution in [2.75, 3.05) is 0 Å². The number of benzene rings is 2. The van der Waals surface area contributed by atoms with Crippen LogP contribution in [0.5, 0.6) is 0 Å². The molecular weight excluding hydrogens is 324 g/mol. The lowest BCUT2D eigenvalue weighted by Gasteiger charge is -2.10. The Morgan fingerprint density at radius 3 is 1.83 bits per heavy atom. The Bertz CT molecular complexity index is 876. The van der Waals surface area contributed by atoms with Crippen LogP contribution < -0.4 is 0 Å². The van der Waals surface area contributed by atoms with Crippen molar-refractivity contribution in [1.29, 1.82) is 0 Å². The highest BCUT2D eigenvalue weighted by Gasteiger charge is 2.39. The summed E-state index contributed by atoms with van der Waals surface area (Å²) in [6.07, 6.45) is 0. The van der Waals surface area contributed by atoms with E-state index in [4.69, 9.17) is 5.11 Å². The highest BCUT2D eigenvalue weighted by atomic mass is 16.6. The Morgan fingerprint density at radius 2 is 1.42 bits per heavy atom. The number of nitro groups is 2. The second kappa shape index (κ2) is 6.12. The number of carboxylic acid groups (broad SMARTS) is 2. The molecule has 24 heavy (non-hydrogen) atoms. The first kappa shape index (κ1) is 16.5. The molecule has 10 nitrogen and oxygen atoms in total. The quantitative estimate of drug-likeness (QED) is 0.623. The van der Waals surface area contributed by atoms with Gasteiger partial charge in [-0.1, -0.05) is 30.3 Å². The highest BCUT2D eigenvalue weighted by molar-refractivity contribution is 6.08. The van der Waals surface area contributed by atoms with E-state index in [2.05, 4.69) is 0 Å². The van der Waals surface area contributed by atoms with E-state index in [-0.39, 0.29) is 11.1 Å². The number of nitro benzene ring substituents is 2. The maximum Gasteiger partial charge on any atom is 0.349 e. The van der Waals surface area contributed by atoms with Gasteiger partial charge in [0.25, 0.3) is 5.69 Å². The van der Waals surface area contributed by atoms with Gasteiger partial charge < -0.3 is 10.2 Å². The summed E-state index contributed by atoms with van der Waals surface area (Å²) < 4.78 is 0. The van der Waals surface area contributed by atoms with Gasteiger partial charge in [0.1, 0.15) is 5.56 Å². The Balaban J connectivity index is 3.06. The average Bonchev–Trinajstić information content (AvgIpc) is 2.53. The van der Waals surface area contributed by atoms with Crippen LogP contribution in [-0.4, -0.2) is 32.0 Å². The van der Waals surface area contributed by atoms with Crippen LogP contribution in [-0.2, 0) is 0 Å². The molecule has 0 bridgehead atoms. The maximum atomic E-state index is 11.5. The van der Waals surface area contributed by atoms with Crippen LogP contribution >= 0.6 is 0 Å². The molecule has 0 saturated carbocycles. The lowest BCUT2D eigenvalue weighted by atomic mass is 9.94. The van der Waals surface area contributed by atoms with Crippen molar-refractivity contribution >= 4 is 23.3 Å². The third-order valence-corrected chi connectivity index (χ3v) is 3.17. The zero-order valence-corrected chi connectivity index (χ0v) is 11.7. The molecule has 0 atom stereocenters. The summed E-state index contributed by atoms with van der Waals surface area (Å²) in [5, 5.41) is 40.8. The fraction of sp³-hybridized carbons (Fsp3) is 0. The van der Waals surface area contributed by atoms with Crippen LogP contribution in [0.1, 0.15) is 20.7 Å². The number of nitrogens with zero attached hydrogens (tertiary/aromatic N) is 2. The Kier molecular flexibility index (Phi) is 4.22. The molecular formula is C14H8N2O8. The van der Waals surface area contributed by atoms with E-state index in [0.717, 1.165) is 6.07 Å². The third kappa shape index (κ3) is 2.75. The van der Waals surface area contributed by atoms with Crippen molar-refractivity contribution < 1.29 is 29.6 Å². The summed E-state index contributed by atoms with van der Waals surface area (Å²) in [4.78, 5) is 42.8. The summed E-state index contributed by atoms with van der Waals surface area (Å²) in [6.45, 7) is 0. The number of rotatable bonds is 5. The SMILES string of the molecule is O=C(O)c1c(-c2ccccc2)cc([N+](=O)[O-])c(C(=O)O)c1[N+](=O)[O-]. The van der Waals surface area contributed by atoms with E-state index in [1.54, 1.807) is 6.07 Å². The van der Waals surface area contributed by atoms with Crippen molar-refractivity contribution in [3.63, 3.8) is 0 Å². The van der Waals surface area contributed by atoms with Crippen LogP contribution in [0.2, 0.25) is 0 Å². The van der Waals surface area contributed by atoms with Crippen molar-refractivity contribution in [1.82, 2.24) is 0 Å². The molecule has 2 rings (SSSR count). The van der Waals surface area contributed by atoms with E-state index in [1.807, 2.05) is 0 Å². The fourth-order valence-corrected chi connectivity index (χ4v) is 2.25. The van der Waals surface area contributed by atoms with Gasteiger partial charge in [-0.05, 0) is 5.56 Å². The monoisotopic (exact) mass is 332 g/mol. The molecule has 0 heterocycles. The van der Waals surface area contributed by atoms with Crippen molar-refractivity contribution in [3.8, 4) is 11.1 Å². The summed E-state index contributed by atoms with van der Waals surface area (Å²) in [7, 11) is 0. The normalized spacial score (nSPS) is 10.2. The summed E-state index contributed by atoms with van der Waals surface area (Å²) in [6, 6.07) is 8.12. The van der Waals surface area contributed by atoms with Gasteiger partial charge in [-0.2, -0.15) is 0 Å². The van der Waals surface area contributed by atoms with Gasteiger partial charge in [-0.15, -0.1) is 0 Å². The van der Waals surface area contributed by atoms with Crippen molar-refractivity contribution in [3.05, 3.63) is 67.8 Å². The predicted octanol–water partition coefficient (Wildman–Crippen LogP) is 2.57. The number of hydrogen-bond donors (Lipinski definition) is 2. The number of carbonyl (C=O) groups is 2. The second-order valence-electron chi connectivity index (χ2n) is 4.53. The molecule has 0 unspecified atom stereocenters. The molecule has 0 spiro atoms. The maximum absolute atomic E-state index is 11.5. The average molecular weight is 332 g/mol. The lowest BCUT2D eigenvalue weighted by Crippen LogP contribution is -2.13. The van der Waals surface area contributed by atoms with Crippen molar-refractivity contribution in [2.45, 2.75) is 0 Å². The molecule has 0 aromatic heterocycles. The third-order valence-electron chi connectivity index (χ3n) is 3.17. The minimum atomic E-state index is -1.96. The molecule has 122 valence electrons. The Labute approximate surface area is 132 Å². The molecule has 0 fully saturated rings. The van der Waals surface area contributed by atoms with Crippen LogP contribution in [0.4, 0.5) is 11.4 Å². The molecule has 0 amide bonds. The molecule has 0 aliphatic heterocycles. The van der Waals surface area contributed by atoms with Crippen LogP contribution in [0.3, 0.4) is 0 Å². The molecule has 2 aromatic rings. The van der Waals surface area contributed by atoms with Gasteiger partial charge in [-0.3, -0.25) is 20.2 Å². The van der Waals surface area contributed by atoms with Gasteiger partial charge in [0.05, 0.1) is 9.85 Å². The number of aromatic carboxylic acids is 2. The first-order valence-corrected chi connectivity index (χ1v) is 6.27. The van der Waals surface area contributed by atoms with Gasteiger partial charge in [0.2, 0.25) is 5.56 Å². The molecule has 0 aliphatic rings. The predicted molar refractivity (Wildman–Crippen MR) is 79.1 cm³/mol. The molecule has 0 radical (unpaired) electrons. The zero-order chi connectivity index (χ0) is 18.0. The van der Waals surface area contributed by atoms with E-state index in [9.17, 15) is 34.9 Å². The molecule has 0 aliphatic carbocycles. The molecule has 2 N–H and O–H groups in total. The van der Waals surface area contributed by atoms with E-state index in [1.165, 1.54) is 24.3 Å². The van der Waals surface area contributed by atoms with Gasteiger partial charge >= 0.3 is 17.6 Å². The van der Waals surface area contributed by atoms with Gasteiger partial charge in [0.15, 0.2) is 0 Å². The van der Waals surface area contributed by atoms with Gasteiger partial charge in [-0.25, -0.2) is 9.59 Å². The van der Waals surface area contributed by atoms with E-state index >= 15 is 0 Å². The molecule has 0 saturated heterocycles. The highest BCUT2D eigenvalue weighted by Crippen LogP contribution is 2.39. The minimum Gasteiger partial charge on any atom is -0.477 e.